The molecule has 0 radical (unpaired) electrons. The van der Waals surface area contributed by atoms with Crippen molar-refractivity contribution in [3.8, 4) is 11.4 Å². The molecule has 0 amide bonds. The Morgan fingerprint density at radius 2 is 1.79 bits per heavy atom. The molecule has 1 heterocycles. The topological polar surface area (TPSA) is 46.0 Å². The number of aliphatic hydroxyl groups excluding tert-OH is 1. The predicted molar refractivity (Wildman–Crippen MR) is 66.1 cm³/mol. The molecule has 1 N–H and O–H groups in total. The molecule has 0 bridgehead atoms. The zero-order chi connectivity index (χ0) is 14.0. The van der Waals surface area contributed by atoms with E-state index < -0.39 is 11.7 Å². The molecule has 2 rings (SSSR count). The Bertz CT molecular complexity index is 585. The van der Waals surface area contributed by atoms with Gasteiger partial charge in [0, 0.05) is 28.0 Å². The molecular formula is C12H8BrF3N2O. The summed E-state index contributed by atoms with van der Waals surface area (Å²) in [6, 6.07) is 3.79. The van der Waals surface area contributed by atoms with E-state index in [1.807, 2.05) is 0 Å². The van der Waals surface area contributed by atoms with Gasteiger partial charge in [0.2, 0.25) is 0 Å². The molecule has 0 unspecified atom stereocenters. The number of aromatic nitrogens is 2. The molecule has 0 aliphatic rings. The van der Waals surface area contributed by atoms with Crippen LogP contribution in [0.3, 0.4) is 0 Å². The van der Waals surface area contributed by atoms with Gasteiger partial charge in [-0.05, 0) is 18.2 Å². The SMILES string of the molecule is OCc1cnc(-c2ccc(Br)cc2C(F)(F)F)nc1. The summed E-state index contributed by atoms with van der Waals surface area (Å²) in [5.74, 6) is -0.0305. The van der Waals surface area contributed by atoms with E-state index in [0.717, 1.165) is 6.07 Å². The zero-order valence-corrected chi connectivity index (χ0v) is 11.0. The Balaban J connectivity index is 2.54. The van der Waals surface area contributed by atoms with Crippen LogP contribution in [0.4, 0.5) is 13.2 Å². The minimum atomic E-state index is -4.49. The molecule has 1 aromatic carbocycles. The van der Waals surface area contributed by atoms with Crippen molar-refractivity contribution in [2.24, 2.45) is 0 Å². The second-order valence-corrected chi connectivity index (χ2v) is 4.68. The summed E-state index contributed by atoms with van der Waals surface area (Å²) in [5, 5.41) is 8.85. The fourth-order valence-corrected chi connectivity index (χ4v) is 1.88. The van der Waals surface area contributed by atoms with Crippen LogP contribution in [0.15, 0.2) is 35.1 Å². The highest BCUT2D eigenvalue weighted by Crippen LogP contribution is 2.37. The van der Waals surface area contributed by atoms with Gasteiger partial charge in [-0.1, -0.05) is 15.9 Å². The molecular weight excluding hydrogens is 325 g/mol. The van der Waals surface area contributed by atoms with Crippen LogP contribution in [-0.4, -0.2) is 15.1 Å². The monoisotopic (exact) mass is 332 g/mol. The lowest BCUT2D eigenvalue weighted by molar-refractivity contribution is -0.137. The van der Waals surface area contributed by atoms with E-state index in [-0.39, 0.29) is 18.0 Å². The van der Waals surface area contributed by atoms with Gasteiger partial charge in [-0.25, -0.2) is 9.97 Å². The molecule has 0 saturated heterocycles. The number of rotatable bonds is 2. The number of alkyl halides is 3. The first-order valence-electron chi connectivity index (χ1n) is 5.20. The Kier molecular flexibility index (Phi) is 3.86. The average Bonchev–Trinajstić information content (AvgIpc) is 2.38. The van der Waals surface area contributed by atoms with E-state index in [0.29, 0.717) is 10.0 Å². The van der Waals surface area contributed by atoms with Crippen LogP contribution < -0.4 is 0 Å². The van der Waals surface area contributed by atoms with Crippen molar-refractivity contribution in [1.82, 2.24) is 9.97 Å². The maximum atomic E-state index is 12.9. The summed E-state index contributed by atoms with van der Waals surface area (Å²) in [4.78, 5) is 7.67. The lowest BCUT2D eigenvalue weighted by atomic mass is 10.1. The number of hydrogen-bond donors (Lipinski definition) is 1. The Labute approximate surface area is 115 Å². The smallest absolute Gasteiger partial charge is 0.392 e. The van der Waals surface area contributed by atoms with Crippen LogP contribution in [0.1, 0.15) is 11.1 Å². The van der Waals surface area contributed by atoms with Crippen molar-refractivity contribution in [2.45, 2.75) is 12.8 Å². The Hall–Kier alpha value is -1.47. The van der Waals surface area contributed by atoms with Crippen molar-refractivity contribution in [3.05, 3.63) is 46.2 Å². The zero-order valence-electron chi connectivity index (χ0n) is 9.45. The molecule has 7 heteroatoms. The second-order valence-electron chi connectivity index (χ2n) is 3.76. The molecule has 0 spiro atoms. The summed E-state index contributed by atoms with van der Waals surface area (Å²) < 4.78 is 39.2. The van der Waals surface area contributed by atoms with Crippen molar-refractivity contribution in [2.75, 3.05) is 0 Å². The molecule has 0 aliphatic carbocycles. The van der Waals surface area contributed by atoms with E-state index in [9.17, 15) is 13.2 Å². The van der Waals surface area contributed by atoms with E-state index in [4.69, 9.17) is 5.11 Å². The molecule has 0 fully saturated rings. The van der Waals surface area contributed by atoms with E-state index in [1.54, 1.807) is 0 Å². The van der Waals surface area contributed by atoms with Gasteiger partial charge in [-0.15, -0.1) is 0 Å². The number of nitrogens with zero attached hydrogens (tertiary/aromatic N) is 2. The largest absolute Gasteiger partial charge is 0.417 e. The summed E-state index contributed by atoms with van der Waals surface area (Å²) >= 11 is 3.01. The highest BCUT2D eigenvalue weighted by molar-refractivity contribution is 9.10. The quantitative estimate of drug-likeness (QED) is 0.916. The Morgan fingerprint density at radius 3 is 2.32 bits per heavy atom. The molecule has 1 aromatic heterocycles. The van der Waals surface area contributed by atoms with Gasteiger partial charge < -0.3 is 5.11 Å². The molecule has 2 aromatic rings. The second kappa shape index (κ2) is 5.26. The maximum Gasteiger partial charge on any atom is 0.417 e. The van der Waals surface area contributed by atoms with Crippen molar-refractivity contribution < 1.29 is 18.3 Å². The third kappa shape index (κ3) is 3.10. The van der Waals surface area contributed by atoms with Gasteiger partial charge in [0.15, 0.2) is 5.82 Å². The van der Waals surface area contributed by atoms with E-state index in [2.05, 4.69) is 25.9 Å². The summed E-state index contributed by atoms with van der Waals surface area (Å²) in [6.45, 7) is -0.257. The van der Waals surface area contributed by atoms with Crippen molar-refractivity contribution in [3.63, 3.8) is 0 Å². The van der Waals surface area contributed by atoms with Crippen LogP contribution in [0.5, 0.6) is 0 Å². The van der Waals surface area contributed by atoms with Gasteiger partial charge in [-0.3, -0.25) is 0 Å². The third-order valence-electron chi connectivity index (χ3n) is 2.42. The normalized spacial score (nSPS) is 11.6. The lowest BCUT2D eigenvalue weighted by Crippen LogP contribution is -2.08. The van der Waals surface area contributed by atoms with Crippen LogP contribution in [-0.2, 0) is 12.8 Å². The van der Waals surface area contributed by atoms with Gasteiger partial charge in [-0.2, -0.15) is 13.2 Å². The number of halogens is 4. The molecule has 0 atom stereocenters. The first-order chi connectivity index (χ1) is 8.91. The minimum absolute atomic E-state index is 0.0305. The summed E-state index contributed by atoms with van der Waals surface area (Å²) in [5.41, 5.74) is -0.465. The van der Waals surface area contributed by atoms with Gasteiger partial charge in [0.05, 0.1) is 12.2 Å². The first-order valence-corrected chi connectivity index (χ1v) is 6.00. The highest BCUT2D eigenvalue weighted by Gasteiger charge is 2.34. The van der Waals surface area contributed by atoms with E-state index in [1.165, 1.54) is 24.5 Å². The molecule has 0 aliphatic heterocycles. The van der Waals surface area contributed by atoms with Gasteiger partial charge in [0.25, 0.3) is 0 Å². The number of aliphatic hydroxyl groups is 1. The van der Waals surface area contributed by atoms with Crippen LogP contribution in [0, 0.1) is 0 Å². The summed E-state index contributed by atoms with van der Waals surface area (Å²) in [6.07, 6.45) is -1.90. The molecule has 0 saturated carbocycles. The average molecular weight is 333 g/mol. The van der Waals surface area contributed by atoms with Gasteiger partial charge in [0.1, 0.15) is 0 Å². The fourth-order valence-electron chi connectivity index (χ4n) is 1.52. The lowest BCUT2D eigenvalue weighted by Gasteiger charge is -2.12. The molecule has 3 nitrogen and oxygen atoms in total. The van der Waals surface area contributed by atoms with Crippen LogP contribution >= 0.6 is 15.9 Å². The third-order valence-corrected chi connectivity index (χ3v) is 2.91. The van der Waals surface area contributed by atoms with Crippen molar-refractivity contribution >= 4 is 15.9 Å². The Morgan fingerprint density at radius 1 is 1.16 bits per heavy atom. The van der Waals surface area contributed by atoms with Crippen LogP contribution in [0.25, 0.3) is 11.4 Å². The standard InChI is InChI=1S/C12H8BrF3N2O/c13-8-1-2-9(10(3-8)12(14,15)16)11-17-4-7(6-19)5-18-11/h1-5,19H,6H2. The number of hydrogen-bond acceptors (Lipinski definition) is 3. The molecule has 19 heavy (non-hydrogen) atoms. The minimum Gasteiger partial charge on any atom is -0.392 e. The predicted octanol–water partition coefficient (Wildman–Crippen LogP) is 3.42. The highest BCUT2D eigenvalue weighted by atomic mass is 79.9. The fraction of sp³-hybridized carbons (Fsp3) is 0.167. The summed E-state index contributed by atoms with van der Waals surface area (Å²) in [7, 11) is 0. The van der Waals surface area contributed by atoms with Gasteiger partial charge >= 0.3 is 6.18 Å². The van der Waals surface area contributed by atoms with E-state index >= 15 is 0 Å². The maximum absolute atomic E-state index is 12.9. The first kappa shape index (κ1) is 14.0. The van der Waals surface area contributed by atoms with Crippen molar-refractivity contribution in [1.29, 1.82) is 0 Å². The number of benzene rings is 1. The molecule has 100 valence electrons. The van der Waals surface area contributed by atoms with Crippen LogP contribution in [0.2, 0.25) is 0 Å².